The van der Waals surface area contributed by atoms with Crippen molar-refractivity contribution >= 4 is 9.84 Å². The molecule has 0 amide bonds. The molecule has 0 radical (unpaired) electrons. The topological polar surface area (TPSA) is 43.4 Å². The van der Waals surface area contributed by atoms with Gasteiger partial charge in [-0.3, -0.25) is 0 Å². The van der Waals surface area contributed by atoms with Crippen LogP contribution in [0, 0.1) is 0 Å². The molecule has 1 aliphatic heterocycles. The van der Waals surface area contributed by atoms with Gasteiger partial charge in [-0.2, -0.15) is 0 Å². The van der Waals surface area contributed by atoms with Crippen LogP contribution in [0.3, 0.4) is 0 Å². The van der Waals surface area contributed by atoms with Crippen LogP contribution >= 0.6 is 0 Å². The van der Waals surface area contributed by atoms with Crippen LogP contribution in [0.15, 0.2) is 76.7 Å². The lowest BCUT2D eigenvalue weighted by Gasteiger charge is -2.10. The van der Waals surface area contributed by atoms with Crippen LogP contribution in [-0.4, -0.2) is 14.5 Å². The summed E-state index contributed by atoms with van der Waals surface area (Å²) in [5.41, 5.74) is 1.21. The number of benzene rings is 2. The fourth-order valence-electron chi connectivity index (χ4n) is 2.59. The second-order valence-corrected chi connectivity index (χ2v) is 7.21. The highest BCUT2D eigenvalue weighted by molar-refractivity contribution is 7.94. The highest BCUT2D eigenvalue weighted by atomic mass is 32.2. The molecule has 0 aliphatic carbocycles. The fourth-order valence-corrected chi connectivity index (χ4v) is 3.79. The molecule has 0 saturated carbocycles. The fraction of sp³-hybridized carbons (Fsp3) is 0.222. The van der Waals surface area contributed by atoms with Crippen LogP contribution in [0.4, 0.5) is 0 Å². The number of rotatable bonds is 4. The van der Waals surface area contributed by atoms with E-state index in [0.29, 0.717) is 17.1 Å². The maximum Gasteiger partial charge on any atom is 0.203 e. The van der Waals surface area contributed by atoms with E-state index in [1.165, 1.54) is 11.0 Å². The molecule has 0 N–H and O–H groups in total. The summed E-state index contributed by atoms with van der Waals surface area (Å²) in [6.07, 6.45) is 2.39. The van der Waals surface area contributed by atoms with Crippen LogP contribution in [0.5, 0.6) is 0 Å². The minimum atomic E-state index is -3.43. The van der Waals surface area contributed by atoms with Crippen LogP contribution in [0.1, 0.15) is 18.4 Å². The standard InChI is InChI=1S/C18H18O3S/c19-22(20,18-9-5-2-6-10-18)14-17-12-11-16(21-17)13-15-7-3-1-4-8-15/h1-10,14,16H,11-13H2/b17-14+. The quantitative estimate of drug-likeness (QED) is 0.864. The molecule has 114 valence electrons. The average Bonchev–Trinajstić information content (AvgIpc) is 2.95. The van der Waals surface area contributed by atoms with Gasteiger partial charge in [0, 0.05) is 12.8 Å². The van der Waals surface area contributed by atoms with Gasteiger partial charge in [0.05, 0.1) is 10.3 Å². The Morgan fingerprint density at radius 1 is 1.00 bits per heavy atom. The summed E-state index contributed by atoms with van der Waals surface area (Å²) in [5, 5.41) is 1.27. The van der Waals surface area contributed by atoms with Crippen LogP contribution in [-0.2, 0) is 21.0 Å². The zero-order valence-electron chi connectivity index (χ0n) is 12.2. The zero-order chi connectivity index (χ0) is 15.4. The Kier molecular flexibility index (Phi) is 4.29. The summed E-state index contributed by atoms with van der Waals surface area (Å²) in [7, 11) is -3.43. The third-order valence-electron chi connectivity index (χ3n) is 3.70. The highest BCUT2D eigenvalue weighted by Gasteiger charge is 2.23. The van der Waals surface area contributed by atoms with E-state index in [4.69, 9.17) is 4.74 Å². The van der Waals surface area contributed by atoms with Crippen molar-refractivity contribution in [1.82, 2.24) is 0 Å². The van der Waals surface area contributed by atoms with Gasteiger partial charge in [0.1, 0.15) is 11.9 Å². The molecule has 1 saturated heterocycles. The van der Waals surface area contributed by atoms with Gasteiger partial charge in [0.25, 0.3) is 0 Å². The Hall–Kier alpha value is -2.07. The molecule has 1 unspecified atom stereocenters. The summed E-state index contributed by atoms with van der Waals surface area (Å²) < 4.78 is 30.4. The van der Waals surface area contributed by atoms with Gasteiger partial charge in [-0.1, -0.05) is 48.5 Å². The monoisotopic (exact) mass is 314 g/mol. The second kappa shape index (κ2) is 6.36. The first kappa shape index (κ1) is 14.9. The molecule has 3 rings (SSSR count). The van der Waals surface area contributed by atoms with Crippen LogP contribution in [0.25, 0.3) is 0 Å². The molecule has 2 aromatic rings. The normalized spacial score (nSPS) is 20.0. The van der Waals surface area contributed by atoms with Crippen LogP contribution in [0.2, 0.25) is 0 Å². The van der Waals surface area contributed by atoms with Gasteiger partial charge in [-0.15, -0.1) is 0 Å². The minimum Gasteiger partial charge on any atom is -0.494 e. The Bertz CT molecular complexity index is 749. The van der Waals surface area contributed by atoms with E-state index in [2.05, 4.69) is 12.1 Å². The van der Waals surface area contributed by atoms with Crippen molar-refractivity contribution in [3.63, 3.8) is 0 Å². The minimum absolute atomic E-state index is 0.0552. The molecule has 0 aromatic heterocycles. The molecule has 22 heavy (non-hydrogen) atoms. The Balaban J connectivity index is 1.70. The lowest BCUT2D eigenvalue weighted by Crippen LogP contribution is -2.08. The Labute approximate surface area is 131 Å². The first-order chi connectivity index (χ1) is 10.6. The maximum atomic E-state index is 12.3. The Morgan fingerprint density at radius 2 is 1.64 bits per heavy atom. The zero-order valence-corrected chi connectivity index (χ0v) is 13.0. The summed E-state index contributed by atoms with van der Waals surface area (Å²) in [5.74, 6) is 0.560. The molecular formula is C18H18O3S. The summed E-state index contributed by atoms with van der Waals surface area (Å²) in [6.45, 7) is 0. The van der Waals surface area contributed by atoms with E-state index in [0.717, 1.165) is 12.8 Å². The first-order valence-corrected chi connectivity index (χ1v) is 8.89. The van der Waals surface area contributed by atoms with Crippen molar-refractivity contribution in [3.05, 3.63) is 77.4 Å². The highest BCUT2D eigenvalue weighted by Crippen LogP contribution is 2.27. The van der Waals surface area contributed by atoms with Gasteiger partial charge < -0.3 is 4.74 Å². The SMILES string of the molecule is O=S(=O)(/C=C1\CCC(Cc2ccccc2)O1)c1ccccc1. The largest absolute Gasteiger partial charge is 0.494 e. The predicted octanol–water partition coefficient (Wildman–Crippen LogP) is 3.72. The van der Waals surface area contributed by atoms with Crippen molar-refractivity contribution in [3.8, 4) is 0 Å². The molecule has 1 atom stereocenters. The van der Waals surface area contributed by atoms with Crippen molar-refractivity contribution in [1.29, 1.82) is 0 Å². The van der Waals surface area contributed by atoms with E-state index < -0.39 is 9.84 Å². The third kappa shape index (κ3) is 3.57. The molecule has 1 heterocycles. The molecule has 4 heteroatoms. The van der Waals surface area contributed by atoms with Crippen molar-refractivity contribution in [2.24, 2.45) is 0 Å². The van der Waals surface area contributed by atoms with E-state index in [-0.39, 0.29) is 6.10 Å². The molecule has 0 spiro atoms. The molecule has 1 aliphatic rings. The lowest BCUT2D eigenvalue weighted by atomic mass is 10.1. The maximum absolute atomic E-state index is 12.3. The van der Waals surface area contributed by atoms with Gasteiger partial charge in [0.2, 0.25) is 9.84 Å². The van der Waals surface area contributed by atoms with Gasteiger partial charge >= 0.3 is 0 Å². The second-order valence-electron chi connectivity index (χ2n) is 5.41. The number of hydrogen-bond donors (Lipinski definition) is 0. The van der Waals surface area contributed by atoms with Crippen molar-refractivity contribution in [2.45, 2.75) is 30.3 Å². The molecule has 1 fully saturated rings. The lowest BCUT2D eigenvalue weighted by molar-refractivity contribution is 0.161. The average molecular weight is 314 g/mol. The molecule has 3 nitrogen and oxygen atoms in total. The molecular weight excluding hydrogens is 296 g/mol. The number of sulfone groups is 1. The number of allylic oxidation sites excluding steroid dienone is 1. The number of ether oxygens (including phenoxy) is 1. The molecule has 0 bridgehead atoms. The smallest absolute Gasteiger partial charge is 0.203 e. The van der Waals surface area contributed by atoms with Crippen molar-refractivity contribution < 1.29 is 13.2 Å². The predicted molar refractivity (Wildman–Crippen MR) is 86.0 cm³/mol. The number of hydrogen-bond acceptors (Lipinski definition) is 3. The van der Waals surface area contributed by atoms with Crippen molar-refractivity contribution in [2.75, 3.05) is 0 Å². The first-order valence-electron chi connectivity index (χ1n) is 7.35. The third-order valence-corrected chi connectivity index (χ3v) is 5.20. The van der Waals surface area contributed by atoms with Gasteiger partial charge in [0.15, 0.2) is 0 Å². The Morgan fingerprint density at radius 3 is 2.32 bits per heavy atom. The van der Waals surface area contributed by atoms with E-state index in [1.54, 1.807) is 30.3 Å². The van der Waals surface area contributed by atoms with Gasteiger partial charge in [-0.05, 0) is 24.1 Å². The van der Waals surface area contributed by atoms with Crippen LogP contribution < -0.4 is 0 Å². The van der Waals surface area contributed by atoms with E-state index >= 15 is 0 Å². The van der Waals surface area contributed by atoms with E-state index in [9.17, 15) is 8.42 Å². The summed E-state index contributed by atoms with van der Waals surface area (Å²) >= 11 is 0. The molecule has 2 aromatic carbocycles. The summed E-state index contributed by atoms with van der Waals surface area (Å²) in [6, 6.07) is 18.5. The summed E-state index contributed by atoms with van der Waals surface area (Å²) in [4.78, 5) is 0.303. The van der Waals surface area contributed by atoms with Gasteiger partial charge in [-0.25, -0.2) is 8.42 Å². The van der Waals surface area contributed by atoms with E-state index in [1.807, 2.05) is 18.2 Å².